The van der Waals surface area contributed by atoms with Crippen LogP contribution in [0.1, 0.15) is 24.0 Å². The van der Waals surface area contributed by atoms with E-state index in [1.165, 1.54) is 0 Å². The van der Waals surface area contributed by atoms with Crippen molar-refractivity contribution >= 4 is 73.1 Å². The van der Waals surface area contributed by atoms with Crippen LogP contribution in [0.25, 0.3) is 32.7 Å². The molecular weight excluding hydrogens is 800 g/mol. The number of ether oxygens (including phenoxy) is 2. The van der Waals surface area contributed by atoms with E-state index >= 15 is 0 Å². The number of halogens is 2. The van der Waals surface area contributed by atoms with Gasteiger partial charge in [-0.15, -0.1) is 0 Å². The fourth-order valence-corrected chi connectivity index (χ4v) is 9.23. The van der Waals surface area contributed by atoms with E-state index in [-0.39, 0.29) is 24.7 Å². The zero-order valence-electron chi connectivity index (χ0n) is 27.7. The second kappa shape index (κ2) is 15.3. The van der Waals surface area contributed by atoms with Crippen molar-refractivity contribution in [3.05, 3.63) is 129 Å². The number of aryl methyl sites for hydroxylation is 2. The molecule has 0 N–H and O–H groups in total. The van der Waals surface area contributed by atoms with Crippen molar-refractivity contribution in [2.24, 2.45) is 0 Å². The molecule has 6 aromatic rings. The molecule has 50 heavy (non-hydrogen) atoms. The highest BCUT2D eigenvalue weighted by Gasteiger charge is 2.21. The van der Waals surface area contributed by atoms with Crippen LogP contribution in [0.5, 0.6) is 11.5 Å². The highest BCUT2D eigenvalue weighted by molar-refractivity contribution is 9.10. The second-order valence-electron chi connectivity index (χ2n) is 12.3. The number of rotatable bonds is 13. The van der Waals surface area contributed by atoms with E-state index in [4.69, 9.17) is 9.47 Å². The van der Waals surface area contributed by atoms with Crippen LogP contribution in [-0.2, 0) is 19.7 Å². The van der Waals surface area contributed by atoms with Crippen LogP contribution in [0, 0.1) is 13.8 Å². The molecule has 0 bridgehead atoms. The summed E-state index contributed by atoms with van der Waals surface area (Å²) in [6.07, 6.45) is 0.602. The van der Waals surface area contributed by atoms with Gasteiger partial charge in [-0.3, -0.25) is 0 Å². The van der Waals surface area contributed by atoms with Crippen LogP contribution in [0.15, 0.2) is 128 Å². The van der Waals surface area contributed by atoms with Crippen molar-refractivity contribution in [2.45, 2.75) is 36.5 Å². The van der Waals surface area contributed by atoms with E-state index in [9.17, 15) is 16.8 Å². The van der Waals surface area contributed by atoms with Crippen molar-refractivity contribution in [1.82, 2.24) is 0 Å². The van der Waals surface area contributed by atoms with Crippen LogP contribution in [0.3, 0.4) is 0 Å². The summed E-state index contributed by atoms with van der Waals surface area (Å²) in [6, 6.07) is 33.6. The quantitative estimate of drug-likeness (QED) is 0.108. The van der Waals surface area contributed by atoms with Crippen LogP contribution >= 0.6 is 31.9 Å². The summed E-state index contributed by atoms with van der Waals surface area (Å²) in [5, 5.41) is 3.82. The summed E-state index contributed by atoms with van der Waals surface area (Å²) < 4.78 is 66.8. The maximum Gasteiger partial charge on any atom is 0.178 e. The lowest BCUT2D eigenvalue weighted by molar-refractivity contribution is 0.315. The van der Waals surface area contributed by atoms with E-state index in [0.717, 1.165) is 52.7 Å². The minimum absolute atomic E-state index is 0.0475. The third-order valence-electron chi connectivity index (χ3n) is 8.53. The molecule has 258 valence electrons. The van der Waals surface area contributed by atoms with E-state index in [0.29, 0.717) is 34.1 Å². The third kappa shape index (κ3) is 8.26. The number of benzene rings is 6. The van der Waals surface area contributed by atoms with Crippen molar-refractivity contribution in [2.75, 3.05) is 24.7 Å². The molecule has 6 aromatic carbocycles. The molecule has 0 aliphatic carbocycles. The topological polar surface area (TPSA) is 86.7 Å². The lowest BCUT2D eigenvalue weighted by Gasteiger charge is -2.20. The summed E-state index contributed by atoms with van der Waals surface area (Å²) in [5.74, 6) is 1.09. The van der Waals surface area contributed by atoms with Gasteiger partial charge in [0.05, 0.1) is 34.5 Å². The Morgan fingerprint density at radius 3 is 1.26 bits per heavy atom. The molecule has 0 aliphatic rings. The van der Waals surface area contributed by atoms with Crippen molar-refractivity contribution in [3.63, 3.8) is 0 Å². The summed E-state index contributed by atoms with van der Waals surface area (Å²) in [4.78, 5) is 0.603. The predicted octanol–water partition coefficient (Wildman–Crippen LogP) is 10.3. The molecule has 0 aromatic heterocycles. The summed E-state index contributed by atoms with van der Waals surface area (Å²) in [5.41, 5.74) is 3.62. The van der Waals surface area contributed by atoms with Gasteiger partial charge >= 0.3 is 0 Å². The molecule has 0 amide bonds. The Morgan fingerprint density at radius 2 is 0.880 bits per heavy atom. The van der Waals surface area contributed by atoms with Crippen molar-refractivity contribution < 1.29 is 26.3 Å². The smallest absolute Gasteiger partial charge is 0.178 e. The van der Waals surface area contributed by atoms with E-state index in [1.807, 2.05) is 74.5 Å². The Balaban J connectivity index is 1.32. The van der Waals surface area contributed by atoms with Crippen molar-refractivity contribution in [1.29, 1.82) is 0 Å². The zero-order chi connectivity index (χ0) is 35.5. The molecule has 0 atom stereocenters. The number of hydrogen-bond donors (Lipinski definition) is 0. The van der Waals surface area contributed by atoms with Crippen LogP contribution in [0.4, 0.5) is 0 Å². The Hall–Kier alpha value is -3.70. The number of sulfone groups is 2. The SMILES string of the molecule is Cc1ccc(S(=O)(=O)CCCOc2ccc3cc(Br)ccc3c2-c2c(OCCCS(=O)(=O)c3ccc(C)cc3)ccc3cc(Br)ccc23)cc1. The molecule has 0 spiro atoms. The molecule has 6 rings (SSSR count). The van der Waals surface area contributed by atoms with E-state index < -0.39 is 19.7 Å². The summed E-state index contributed by atoms with van der Waals surface area (Å²) >= 11 is 7.20. The molecule has 10 heteroatoms. The second-order valence-corrected chi connectivity index (χ2v) is 18.3. The average Bonchev–Trinajstić information content (AvgIpc) is 3.08. The number of hydrogen-bond acceptors (Lipinski definition) is 6. The minimum Gasteiger partial charge on any atom is -0.493 e. The van der Waals surface area contributed by atoms with Gasteiger partial charge < -0.3 is 9.47 Å². The lowest BCUT2D eigenvalue weighted by Crippen LogP contribution is -2.11. The first-order chi connectivity index (χ1) is 23.9. The van der Waals surface area contributed by atoms with Gasteiger partial charge in [0.25, 0.3) is 0 Å². The van der Waals surface area contributed by atoms with Crippen molar-refractivity contribution in [3.8, 4) is 22.6 Å². The maximum absolute atomic E-state index is 13.0. The Morgan fingerprint density at radius 1 is 0.500 bits per heavy atom. The van der Waals surface area contributed by atoms with Gasteiger partial charge in [-0.2, -0.15) is 0 Å². The summed E-state index contributed by atoms with van der Waals surface area (Å²) in [6.45, 7) is 4.21. The van der Waals surface area contributed by atoms with Crippen LogP contribution in [-0.4, -0.2) is 41.6 Å². The predicted molar refractivity (Wildman–Crippen MR) is 209 cm³/mol. The van der Waals surface area contributed by atoms with E-state index in [1.54, 1.807) is 48.5 Å². The fraction of sp³-hybridized carbons (Fsp3) is 0.200. The normalized spacial score (nSPS) is 12.0. The van der Waals surface area contributed by atoms with Crippen LogP contribution in [0.2, 0.25) is 0 Å². The Bertz CT molecular complexity index is 2220. The van der Waals surface area contributed by atoms with Gasteiger partial charge in [-0.1, -0.05) is 91.5 Å². The van der Waals surface area contributed by atoms with Gasteiger partial charge in [0.1, 0.15) is 11.5 Å². The molecule has 0 aliphatic heterocycles. The largest absolute Gasteiger partial charge is 0.493 e. The standard InChI is InChI=1S/C40H36Br2O6S2/c1-27-5-13-33(14-6-27)49(43,44)23-3-21-47-37-19-9-29-25-31(41)11-17-35(29)39(37)40-36-18-12-32(42)26-30(36)10-20-38(40)48-22-4-24-50(45,46)34-15-7-28(2)8-16-34/h5-20,25-26H,3-4,21-24H2,1-2H3. The molecule has 0 unspecified atom stereocenters. The monoisotopic (exact) mass is 834 g/mol. The van der Waals surface area contributed by atoms with Gasteiger partial charge in [-0.05, 0) is 109 Å². The summed E-state index contributed by atoms with van der Waals surface area (Å²) in [7, 11) is -6.94. The Labute approximate surface area is 310 Å². The molecule has 0 radical (unpaired) electrons. The van der Waals surface area contributed by atoms with Gasteiger partial charge in [-0.25, -0.2) is 16.8 Å². The van der Waals surface area contributed by atoms with Gasteiger partial charge in [0.2, 0.25) is 0 Å². The lowest BCUT2D eigenvalue weighted by atomic mass is 9.92. The van der Waals surface area contributed by atoms with Gasteiger partial charge in [0.15, 0.2) is 19.7 Å². The van der Waals surface area contributed by atoms with E-state index in [2.05, 4.69) is 31.9 Å². The molecule has 0 fully saturated rings. The molecular formula is C40H36Br2O6S2. The number of fused-ring (bicyclic) bond motifs is 2. The Kier molecular flexibility index (Phi) is 11.0. The van der Waals surface area contributed by atoms with Crippen LogP contribution < -0.4 is 9.47 Å². The molecule has 0 saturated carbocycles. The first-order valence-corrected chi connectivity index (χ1v) is 21.1. The molecule has 0 saturated heterocycles. The fourth-order valence-electron chi connectivity index (χ4n) is 5.91. The third-order valence-corrected chi connectivity index (χ3v) is 13.1. The first kappa shape index (κ1) is 36.1. The highest BCUT2D eigenvalue weighted by atomic mass is 79.9. The highest BCUT2D eigenvalue weighted by Crippen LogP contribution is 2.46. The van der Waals surface area contributed by atoms with Gasteiger partial charge in [0, 0.05) is 20.1 Å². The first-order valence-electron chi connectivity index (χ1n) is 16.2. The maximum atomic E-state index is 13.0. The molecule has 6 nitrogen and oxygen atoms in total. The zero-order valence-corrected chi connectivity index (χ0v) is 32.5. The minimum atomic E-state index is -3.47. The molecule has 0 heterocycles. The average molecular weight is 837 g/mol.